The van der Waals surface area contributed by atoms with E-state index in [2.05, 4.69) is 20.7 Å². The molecule has 38 heavy (non-hydrogen) atoms. The molecule has 2 aliphatic rings. The van der Waals surface area contributed by atoms with Crippen LogP contribution in [0.5, 0.6) is 5.75 Å². The highest BCUT2D eigenvalue weighted by molar-refractivity contribution is 6.43. The lowest BCUT2D eigenvalue weighted by Crippen LogP contribution is -2.46. The molecule has 1 fully saturated rings. The van der Waals surface area contributed by atoms with Crippen molar-refractivity contribution in [3.8, 4) is 5.75 Å². The molecule has 2 amide bonds. The van der Waals surface area contributed by atoms with Gasteiger partial charge in [-0.2, -0.15) is 0 Å². The Balaban J connectivity index is 1.19. The zero-order valence-corrected chi connectivity index (χ0v) is 23.2. The quantitative estimate of drug-likeness (QED) is 0.308. The van der Waals surface area contributed by atoms with Crippen LogP contribution in [0.4, 0.5) is 16.2 Å². The number of benzene rings is 2. The Morgan fingerprint density at radius 3 is 2.63 bits per heavy atom. The monoisotopic (exact) mass is 563 g/mol. The minimum absolute atomic E-state index is 0.0800. The number of carbonyl (C=O) groups excluding carboxylic acids is 2. The van der Waals surface area contributed by atoms with Gasteiger partial charge in [-0.25, -0.2) is 10.2 Å². The van der Waals surface area contributed by atoms with Crippen LogP contribution in [0.15, 0.2) is 36.4 Å². The van der Waals surface area contributed by atoms with Crippen molar-refractivity contribution in [1.82, 2.24) is 15.8 Å². The third kappa shape index (κ3) is 7.44. The fraction of sp³-hybridized carbons (Fsp3) is 0.481. The van der Waals surface area contributed by atoms with Gasteiger partial charge in [-0.3, -0.25) is 20.0 Å². The molecule has 11 heteroatoms. The summed E-state index contributed by atoms with van der Waals surface area (Å²) in [6.07, 6.45) is 2.36. The molecule has 4 rings (SSSR count). The average molecular weight is 565 g/mol. The van der Waals surface area contributed by atoms with Crippen LogP contribution in [-0.2, 0) is 16.0 Å². The third-order valence-electron chi connectivity index (χ3n) is 6.73. The van der Waals surface area contributed by atoms with Crippen molar-refractivity contribution in [2.75, 3.05) is 62.4 Å². The van der Waals surface area contributed by atoms with E-state index in [1.165, 1.54) is 4.90 Å². The van der Waals surface area contributed by atoms with E-state index in [4.69, 9.17) is 32.7 Å². The van der Waals surface area contributed by atoms with Crippen LogP contribution in [0.1, 0.15) is 31.7 Å². The molecule has 206 valence electrons. The van der Waals surface area contributed by atoms with E-state index in [-0.39, 0.29) is 12.6 Å². The standard InChI is InChI=1S/C27H35Cl2N5O4/c1-2-30-31-27(36)38-19-34-24-18-21(10-8-20(24)9-11-25(34)35)37-17-4-3-12-32-13-15-33(16-14-32)23-7-5-6-22(28)26(23)29/h5-8,10,18,30H,2-4,9,11-17,19H2,1H3,(H,31,36). The maximum Gasteiger partial charge on any atom is 0.423 e. The summed E-state index contributed by atoms with van der Waals surface area (Å²) in [6.45, 7) is 7.67. The van der Waals surface area contributed by atoms with Crippen LogP contribution in [0.25, 0.3) is 0 Å². The number of halogens is 2. The molecule has 2 N–H and O–H groups in total. The third-order valence-corrected chi connectivity index (χ3v) is 7.54. The van der Waals surface area contributed by atoms with E-state index >= 15 is 0 Å². The SMILES string of the molecule is CCNNC(=O)OCN1C(=O)CCc2ccc(OCCCCN3CCN(c4cccc(Cl)c4Cl)CC3)cc21. The lowest BCUT2D eigenvalue weighted by atomic mass is 10.0. The van der Waals surface area contributed by atoms with Gasteiger partial charge in [0.25, 0.3) is 0 Å². The molecule has 0 unspecified atom stereocenters. The van der Waals surface area contributed by atoms with Crippen molar-refractivity contribution in [1.29, 1.82) is 0 Å². The Labute approximate surface area is 233 Å². The first-order valence-corrected chi connectivity index (χ1v) is 13.8. The molecule has 1 saturated heterocycles. The van der Waals surface area contributed by atoms with E-state index in [0.717, 1.165) is 62.5 Å². The number of anilines is 2. The number of unbranched alkanes of at least 4 members (excludes halogenated alkanes) is 1. The van der Waals surface area contributed by atoms with Gasteiger partial charge in [0, 0.05) is 45.2 Å². The summed E-state index contributed by atoms with van der Waals surface area (Å²) >= 11 is 12.6. The summed E-state index contributed by atoms with van der Waals surface area (Å²) < 4.78 is 11.2. The summed E-state index contributed by atoms with van der Waals surface area (Å²) in [7, 11) is 0. The minimum atomic E-state index is -0.631. The van der Waals surface area contributed by atoms with E-state index in [1.807, 2.05) is 43.3 Å². The lowest BCUT2D eigenvalue weighted by Gasteiger charge is -2.36. The van der Waals surface area contributed by atoms with Crippen molar-refractivity contribution < 1.29 is 19.1 Å². The molecule has 0 radical (unpaired) electrons. The van der Waals surface area contributed by atoms with Crippen LogP contribution in [-0.4, -0.2) is 69.5 Å². The maximum absolute atomic E-state index is 12.5. The second kappa shape index (κ2) is 13.9. The van der Waals surface area contributed by atoms with Crippen LogP contribution >= 0.6 is 23.2 Å². The maximum atomic E-state index is 12.5. The van der Waals surface area contributed by atoms with Crippen LogP contribution < -0.4 is 25.4 Å². The van der Waals surface area contributed by atoms with Crippen LogP contribution in [0.3, 0.4) is 0 Å². The van der Waals surface area contributed by atoms with E-state index < -0.39 is 6.09 Å². The Hall–Kier alpha value is -2.72. The van der Waals surface area contributed by atoms with Gasteiger partial charge in [-0.15, -0.1) is 0 Å². The van der Waals surface area contributed by atoms with Gasteiger partial charge in [0.15, 0.2) is 6.73 Å². The molecule has 0 spiro atoms. The largest absolute Gasteiger partial charge is 0.494 e. The highest BCUT2D eigenvalue weighted by Crippen LogP contribution is 2.33. The molecule has 2 aromatic rings. The van der Waals surface area contributed by atoms with Crippen molar-refractivity contribution >= 4 is 46.6 Å². The van der Waals surface area contributed by atoms with Crippen LogP contribution in [0, 0.1) is 0 Å². The number of carbonyl (C=O) groups is 2. The van der Waals surface area contributed by atoms with Crippen molar-refractivity contribution in [3.05, 3.63) is 52.0 Å². The number of amides is 2. The molecule has 2 aliphatic heterocycles. The number of nitrogens with zero attached hydrogens (tertiary/aromatic N) is 3. The Morgan fingerprint density at radius 1 is 1.03 bits per heavy atom. The Bertz CT molecular complexity index is 1110. The summed E-state index contributed by atoms with van der Waals surface area (Å²) in [5.41, 5.74) is 7.85. The van der Waals surface area contributed by atoms with Gasteiger partial charge in [0.1, 0.15) is 5.75 Å². The summed E-state index contributed by atoms with van der Waals surface area (Å²) in [5.74, 6) is 0.621. The van der Waals surface area contributed by atoms with Gasteiger partial charge in [-0.1, -0.05) is 42.3 Å². The summed E-state index contributed by atoms with van der Waals surface area (Å²) in [6, 6.07) is 11.5. The zero-order chi connectivity index (χ0) is 26.9. The first-order chi connectivity index (χ1) is 18.5. The van der Waals surface area contributed by atoms with Gasteiger partial charge in [-0.05, 0) is 49.6 Å². The molecule has 2 heterocycles. The van der Waals surface area contributed by atoms with Gasteiger partial charge in [0.2, 0.25) is 5.91 Å². The molecular formula is C27H35Cl2N5O4. The molecular weight excluding hydrogens is 529 g/mol. The molecule has 0 aliphatic carbocycles. The van der Waals surface area contributed by atoms with E-state index in [1.54, 1.807) is 0 Å². The highest BCUT2D eigenvalue weighted by atomic mass is 35.5. The zero-order valence-electron chi connectivity index (χ0n) is 21.7. The second-order valence-electron chi connectivity index (χ2n) is 9.29. The second-order valence-corrected chi connectivity index (χ2v) is 10.1. The number of hydrogen-bond donors (Lipinski definition) is 2. The number of hydrazine groups is 1. The summed E-state index contributed by atoms with van der Waals surface area (Å²) in [5, 5.41) is 1.21. The number of nitrogens with one attached hydrogen (secondary N) is 2. The smallest absolute Gasteiger partial charge is 0.423 e. The molecule has 0 aromatic heterocycles. The number of aryl methyl sites for hydroxylation is 1. The predicted octanol–water partition coefficient (Wildman–Crippen LogP) is 4.46. The number of hydrogen-bond acceptors (Lipinski definition) is 7. The number of fused-ring (bicyclic) bond motifs is 1. The summed E-state index contributed by atoms with van der Waals surface area (Å²) in [4.78, 5) is 30.5. The molecule has 0 saturated carbocycles. The lowest BCUT2D eigenvalue weighted by molar-refractivity contribution is -0.119. The average Bonchev–Trinajstić information content (AvgIpc) is 2.93. The fourth-order valence-electron chi connectivity index (χ4n) is 4.64. The normalized spacial score (nSPS) is 15.8. The fourth-order valence-corrected chi connectivity index (χ4v) is 5.06. The number of ether oxygens (including phenoxy) is 2. The number of piperazine rings is 1. The van der Waals surface area contributed by atoms with Crippen molar-refractivity contribution in [3.63, 3.8) is 0 Å². The van der Waals surface area contributed by atoms with E-state index in [0.29, 0.717) is 41.8 Å². The van der Waals surface area contributed by atoms with Crippen molar-refractivity contribution in [2.45, 2.75) is 32.6 Å². The Kier molecular flexibility index (Phi) is 10.3. The van der Waals surface area contributed by atoms with Gasteiger partial charge in [0.05, 0.1) is 28.0 Å². The topological polar surface area (TPSA) is 86.4 Å². The first-order valence-electron chi connectivity index (χ1n) is 13.1. The first kappa shape index (κ1) is 28.3. The Morgan fingerprint density at radius 2 is 1.84 bits per heavy atom. The highest BCUT2D eigenvalue weighted by Gasteiger charge is 2.26. The molecule has 9 nitrogen and oxygen atoms in total. The van der Waals surface area contributed by atoms with Crippen molar-refractivity contribution in [2.24, 2.45) is 0 Å². The van der Waals surface area contributed by atoms with Crippen LogP contribution in [0.2, 0.25) is 10.0 Å². The number of rotatable bonds is 11. The van der Waals surface area contributed by atoms with Gasteiger partial charge >= 0.3 is 6.09 Å². The molecule has 0 bridgehead atoms. The minimum Gasteiger partial charge on any atom is -0.494 e. The molecule has 2 aromatic carbocycles. The molecule has 0 atom stereocenters. The predicted molar refractivity (Wildman–Crippen MR) is 150 cm³/mol. The van der Waals surface area contributed by atoms with E-state index in [9.17, 15) is 9.59 Å². The van der Waals surface area contributed by atoms with Gasteiger partial charge < -0.3 is 14.4 Å².